The number of rotatable bonds is 7. The molecule has 0 radical (unpaired) electrons. The third-order valence-corrected chi connectivity index (χ3v) is 4.53. The zero-order valence-electron chi connectivity index (χ0n) is 13.0. The molecule has 2 amide bonds. The van der Waals surface area contributed by atoms with Gasteiger partial charge in [0, 0.05) is 19.6 Å². The van der Waals surface area contributed by atoms with Gasteiger partial charge >= 0.3 is 0 Å². The molecule has 1 heterocycles. The summed E-state index contributed by atoms with van der Waals surface area (Å²) < 4.78 is 0.892. The van der Waals surface area contributed by atoms with Crippen LogP contribution in [0.25, 0.3) is 0 Å². The number of hydrogen-bond donors (Lipinski definition) is 2. The number of amides is 2. The van der Waals surface area contributed by atoms with Crippen molar-refractivity contribution in [3.8, 4) is 0 Å². The Kier molecular flexibility index (Phi) is 9.91. The smallest absolute Gasteiger partial charge is 0.264 e. The standard InChI is InChI=1S/C14H22BrN3O2S.ClH/c1-9(2)6-10(7-16)17-13(19)8-18(3)14(20)11-4-5-12(15)21-11;/h4-5,9-10H,6-8,16H2,1-3H3,(H,17,19);1H. The van der Waals surface area contributed by atoms with Crippen LogP contribution in [-0.2, 0) is 4.79 Å². The third-order valence-electron chi connectivity index (χ3n) is 2.92. The lowest BCUT2D eigenvalue weighted by atomic mass is 10.0. The van der Waals surface area contributed by atoms with E-state index in [0.29, 0.717) is 17.3 Å². The minimum atomic E-state index is -0.183. The number of halogens is 2. The topological polar surface area (TPSA) is 75.4 Å². The molecule has 0 fully saturated rings. The first-order valence-electron chi connectivity index (χ1n) is 6.83. The van der Waals surface area contributed by atoms with Crippen molar-refractivity contribution in [3.05, 3.63) is 20.8 Å². The van der Waals surface area contributed by atoms with E-state index in [-0.39, 0.29) is 36.8 Å². The first-order chi connectivity index (χ1) is 9.83. The molecule has 3 N–H and O–H groups in total. The van der Waals surface area contributed by atoms with Crippen molar-refractivity contribution < 1.29 is 9.59 Å². The fourth-order valence-corrected chi connectivity index (χ4v) is 3.34. The molecule has 0 spiro atoms. The number of carbonyl (C=O) groups is 2. The maximum absolute atomic E-state index is 12.1. The number of thiophene rings is 1. The van der Waals surface area contributed by atoms with Crippen molar-refractivity contribution in [2.75, 3.05) is 20.1 Å². The van der Waals surface area contributed by atoms with Crippen LogP contribution in [-0.4, -0.2) is 42.9 Å². The summed E-state index contributed by atoms with van der Waals surface area (Å²) in [4.78, 5) is 26.1. The number of hydrogen-bond acceptors (Lipinski definition) is 4. The quantitative estimate of drug-likeness (QED) is 0.722. The van der Waals surface area contributed by atoms with E-state index in [9.17, 15) is 9.59 Å². The molecule has 22 heavy (non-hydrogen) atoms. The molecule has 0 bridgehead atoms. The van der Waals surface area contributed by atoms with Gasteiger partial charge in [-0.1, -0.05) is 13.8 Å². The van der Waals surface area contributed by atoms with Crippen molar-refractivity contribution in [1.82, 2.24) is 10.2 Å². The maximum atomic E-state index is 12.1. The van der Waals surface area contributed by atoms with Crippen molar-refractivity contribution >= 4 is 51.5 Å². The molecule has 0 saturated carbocycles. The molecule has 0 aliphatic rings. The van der Waals surface area contributed by atoms with E-state index >= 15 is 0 Å². The summed E-state index contributed by atoms with van der Waals surface area (Å²) in [5, 5.41) is 2.88. The van der Waals surface area contributed by atoms with Gasteiger partial charge < -0.3 is 16.0 Å². The summed E-state index contributed by atoms with van der Waals surface area (Å²) in [6.45, 7) is 4.60. The minimum absolute atomic E-state index is 0. The van der Waals surface area contributed by atoms with Crippen LogP contribution >= 0.6 is 39.7 Å². The molecule has 1 aromatic heterocycles. The number of nitrogens with zero attached hydrogens (tertiary/aromatic N) is 1. The van der Waals surface area contributed by atoms with E-state index < -0.39 is 0 Å². The van der Waals surface area contributed by atoms with Gasteiger partial charge in [0.1, 0.15) is 0 Å². The molecule has 0 aliphatic heterocycles. The summed E-state index contributed by atoms with van der Waals surface area (Å²) in [6.07, 6.45) is 0.831. The molecule has 1 atom stereocenters. The van der Waals surface area contributed by atoms with Gasteiger partial charge in [0.25, 0.3) is 5.91 Å². The van der Waals surface area contributed by atoms with Gasteiger partial charge in [-0.25, -0.2) is 0 Å². The first-order valence-corrected chi connectivity index (χ1v) is 8.44. The number of likely N-dealkylation sites (N-methyl/N-ethyl adjacent to an activating group) is 1. The van der Waals surface area contributed by atoms with Crippen LogP contribution in [0.5, 0.6) is 0 Å². The van der Waals surface area contributed by atoms with Crippen LogP contribution < -0.4 is 11.1 Å². The number of nitrogens with two attached hydrogens (primary N) is 1. The molecule has 1 unspecified atom stereocenters. The molecule has 1 rings (SSSR count). The SMILES string of the molecule is CC(C)CC(CN)NC(=O)CN(C)C(=O)c1ccc(Br)s1.Cl. The molecule has 0 aliphatic carbocycles. The van der Waals surface area contributed by atoms with Crippen LogP contribution in [0.3, 0.4) is 0 Å². The summed E-state index contributed by atoms with van der Waals surface area (Å²) in [6, 6.07) is 3.52. The molecule has 5 nitrogen and oxygen atoms in total. The molecular weight excluding hydrogens is 390 g/mol. The second-order valence-corrected chi connectivity index (χ2v) is 7.86. The Labute approximate surface area is 150 Å². The van der Waals surface area contributed by atoms with Gasteiger partial charge in [-0.15, -0.1) is 23.7 Å². The van der Waals surface area contributed by atoms with Gasteiger partial charge in [0.2, 0.25) is 5.91 Å². The average Bonchev–Trinajstić information content (AvgIpc) is 2.82. The minimum Gasteiger partial charge on any atom is -0.351 e. The van der Waals surface area contributed by atoms with E-state index in [1.54, 1.807) is 13.1 Å². The highest BCUT2D eigenvalue weighted by Crippen LogP contribution is 2.22. The van der Waals surface area contributed by atoms with Gasteiger partial charge in [-0.05, 0) is 40.4 Å². The lowest BCUT2D eigenvalue weighted by molar-refractivity contribution is -0.122. The van der Waals surface area contributed by atoms with E-state index in [2.05, 4.69) is 35.1 Å². The summed E-state index contributed by atoms with van der Waals surface area (Å²) >= 11 is 4.67. The molecule has 1 aromatic rings. The van der Waals surface area contributed by atoms with Crippen LogP contribution in [0.15, 0.2) is 15.9 Å². The summed E-state index contributed by atoms with van der Waals surface area (Å²) in [5.41, 5.74) is 5.65. The molecule has 0 saturated heterocycles. The Bertz CT molecular complexity index is 496. The zero-order valence-corrected chi connectivity index (χ0v) is 16.2. The predicted molar refractivity (Wildman–Crippen MR) is 96.7 cm³/mol. The van der Waals surface area contributed by atoms with Gasteiger partial charge in [-0.3, -0.25) is 9.59 Å². The van der Waals surface area contributed by atoms with Crippen LogP contribution in [0.2, 0.25) is 0 Å². The van der Waals surface area contributed by atoms with E-state index in [1.807, 2.05) is 6.07 Å². The number of carbonyl (C=O) groups excluding carboxylic acids is 2. The van der Waals surface area contributed by atoms with Gasteiger partial charge in [0.05, 0.1) is 15.2 Å². The van der Waals surface area contributed by atoms with Crippen LogP contribution in [0.1, 0.15) is 29.9 Å². The predicted octanol–water partition coefficient (Wildman–Crippen LogP) is 2.49. The van der Waals surface area contributed by atoms with Crippen LogP contribution in [0.4, 0.5) is 0 Å². The van der Waals surface area contributed by atoms with Gasteiger partial charge in [0.15, 0.2) is 0 Å². The highest BCUT2D eigenvalue weighted by Gasteiger charge is 2.18. The van der Waals surface area contributed by atoms with Crippen LogP contribution in [0, 0.1) is 5.92 Å². The lowest BCUT2D eigenvalue weighted by Gasteiger charge is -2.21. The van der Waals surface area contributed by atoms with Crippen molar-refractivity contribution in [3.63, 3.8) is 0 Å². The summed E-state index contributed by atoms with van der Waals surface area (Å²) in [5.74, 6) is 0.119. The Morgan fingerprint density at radius 3 is 2.50 bits per heavy atom. The highest BCUT2D eigenvalue weighted by atomic mass is 79.9. The largest absolute Gasteiger partial charge is 0.351 e. The Morgan fingerprint density at radius 1 is 1.41 bits per heavy atom. The fourth-order valence-electron chi connectivity index (χ4n) is 1.96. The molecule has 0 aromatic carbocycles. The number of nitrogens with one attached hydrogen (secondary N) is 1. The normalized spacial score (nSPS) is 11.7. The summed E-state index contributed by atoms with van der Waals surface area (Å²) in [7, 11) is 1.62. The van der Waals surface area contributed by atoms with Crippen molar-refractivity contribution in [2.24, 2.45) is 11.7 Å². The molecule has 126 valence electrons. The third kappa shape index (κ3) is 7.09. The van der Waals surface area contributed by atoms with Crippen molar-refractivity contribution in [1.29, 1.82) is 0 Å². The second kappa shape index (κ2) is 10.2. The van der Waals surface area contributed by atoms with E-state index in [4.69, 9.17) is 5.73 Å². The Hall–Kier alpha value is -0.630. The second-order valence-electron chi connectivity index (χ2n) is 5.39. The Morgan fingerprint density at radius 2 is 2.05 bits per heavy atom. The average molecular weight is 413 g/mol. The lowest BCUT2D eigenvalue weighted by Crippen LogP contribution is -2.46. The first kappa shape index (κ1) is 21.4. The Balaban J connectivity index is 0.00000441. The van der Waals surface area contributed by atoms with E-state index in [1.165, 1.54) is 16.2 Å². The zero-order chi connectivity index (χ0) is 16.0. The molecule has 8 heteroatoms. The monoisotopic (exact) mass is 411 g/mol. The highest BCUT2D eigenvalue weighted by molar-refractivity contribution is 9.11. The molecular formula is C14H23BrClN3O2S. The van der Waals surface area contributed by atoms with Gasteiger partial charge in [-0.2, -0.15) is 0 Å². The fraction of sp³-hybridized carbons (Fsp3) is 0.571. The van der Waals surface area contributed by atoms with E-state index in [0.717, 1.165) is 10.2 Å². The maximum Gasteiger partial charge on any atom is 0.264 e. The van der Waals surface area contributed by atoms with Crippen molar-refractivity contribution in [2.45, 2.75) is 26.3 Å².